The molecule has 3 heterocycles. The first-order chi connectivity index (χ1) is 11.0. The number of likely N-dealkylation sites (tertiary alicyclic amines) is 1. The molecule has 2 aromatic rings. The first-order valence-corrected chi connectivity index (χ1v) is 9.26. The average molecular weight is 332 g/mol. The Kier molecular flexibility index (Phi) is 3.26. The van der Waals surface area contributed by atoms with Crippen molar-refractivity contribution in [3.63, 3.8) is 0 Å². The fraction of sp³-hybridized carbons (Fsp3) is 0.375. The molecule has 1 aromatic heterocycles. The zero-order valence-electron chi connectivity index (χ0n) is 12.4. The van der Waals surface area contributed by atoms with Gasteiger partial charge >= 0.3 is 0 Å². The smallest absolute Gasteiger partial charge is 0.253 e. The first-order valence-electron chi connectivity index (χ1n) is 7.54. The number of oxazole rings is 1. The molecule has 0 unspecified atom stereocenters. The average Bonchev–Trinajstić information content (AvgIpc) is 3.26. The summed E-state index contributed by atoms with van der Waals surface area (Å²) in [6, 6.07) is 7.13. The molecule has 0 saturated carbocycles. The van der Waals surface area contributed by atoms with E-state index in [1.54, 1.807) is 29.3 Å². The van der Waals surface area contributed by atoms with Gasteiger partial charge in [0.25, 0.3) is 5.91 Å². The summed E-state index contributed by atoms with van der Waals surface area (Å²) < 4.78 is 29.3. The summed E-state index contributed by atoms with van der Waals surface area (Å²) in [7, 11) is -3.03. The number of benzene rings is 1. The van der Waals surface area contributed by atoms with Gasteiger partial charge in [0.2, 0.25) is 0 Å². The number of fused-ring (bicyclic) bond motifs is 1. The van der Waals surface area contributed by atoms with Crippen LogP contribution in [0.4, 0.5) is 0 Å². The van der Waals surface area contributed by atoms with E-state index in [1.807, 2.05) is 6.07 Å². The second-order valence-corrected chi connectivity index (χ2v) is 8.45. The van der Waals surface area contributed by atoms with Gasteiger partial charge in [-0.3, -0.25) is 4.79 Å². The van der Waals surface area contributed by atoms with Gasteiger partial charge in [0.15, 0.2) is 22.0 Å². The normalized spacial score (nSPS) is 25.5. The molecule has 1 aromatic carbocycles. The highest BCUT2D eigenvalue weighted by Crippen LogP contribution is 2.34. The van der Waals surface area contributed by atoms with Crippen molar-refractivity contribution in [1.82, 2.24) is 9.88 Å². The van der Waals surface area contributed by atoms with E-state index in [0.717, 1.165) is 5.56 Å². The van der Waals surface area contributed by atoms with Crippen molar-refractivity contribution in [3.8, 4) is 11.3 Å². The summed E-state index contributed by atoms with van der Waals surface area (Å²) in [4.78, 5) is 18.2. The lowest BCUT2D eigenvalue weighted by atomic mass is 10.1. The van der Waals surface area contributed by atoms with E-state index in [2.05, 4.69) is 4.98 Å². The maximum absolute atomic E-state index is 12.7. The largest absolute Gasteiger partial charge is 0.444 e. The van der Waals surface area contributed by atoms with E-state index in [9.17, 15) is 13.2 Å². The summed E-state index contributed by atoms with van der Waals surface area (Å²) in [5.41, 5.74) is 1.32. The summed E-state index contributed by atoms with van der Waals surface area (Å²) in [6.07, 6.45) is 3.60. The number of carbonyl (C=O) groups is 1. The number of aromatic nitrogens is 1. The van der Waals surface area contributed by atoms with Gasteiger partial charge in [-0.2, -0.15) is 0 Å². The van der Waals surface area contributed by atoms with E-state index in [4.69, 9.17) is 4.42 Å². The van der Waals surface area contributed by atoms with Crippen LogP contribution < -0.4 is 0 Å². The van der Waals surface area contributed by atoms with Crippen molar-refractivity contribution in [3.05, 3.63) is 42.4 Å². The molecule has 0 N–H and O–H groups in total. The number of nitrogens with zero attached hydrogens (tertiary/aromatic N) is 2. The number of rotatable bonds is 2. The van der Waals surface area contributed by atoms with Crippen molar-refractivity contribution in [2.45, 2.75) is 11.7 Å². The van der Waals surface area contributed by atoms with Crippen LogP contribution in [0.25, 0.3) is 11.3 Å². The van der Waals surface area contributed by atoms with Gasteiger partial charge in [-0.1, -0.05) is 12.1 Å². The van der Waals surface area contributed by atoms with E-state index in [0.29, 0.717) is 30.8 Å². The maximum atomic E-state index is 12.7. The molecule has 7 heteroatoms. The molecule has 0 aliphatic carbocycles. The third-order valence-corrected chi connectivity index (χ3v) is 6.99. The van der Waals surface area contributed by atoms with Gasteiger partial charge in [0.05, 0.1) is 17.2 Å². The van der Waals surface area contributed by atoms with E-state index in [-0.39, 0.29) is 22.8 Å². The SMILES string of the molecule is O=C(c1cccc(-c2cnco2)c1)N1C[C@@H]2CCS(=O)(=O)[C@@H]2C1. The number of hydrogen-bond acceptors (Lipinski definition) is 5. The van der Waals surface area contributed by atoms with Gasteiger partial charge in [-0.15, -0.1) is 0 Å². The van der Waals surface area contributed by atoms with Crippen LogP contribution in [0.1, 0.15) is 16.8 Å². The van der Waals surface area contributed by atoms with Gasteiger partial charge in [0, 0.05) is 24.2 Å². The fourth-order valence-electron chi connectivity index (χ4n) is 3.50. The Bertz CT molecular complexity index is 845. The van der Waals surface area contributed by atoms with Crippen LogP contribution in [0.3, 0.4) is 0 Å². The first kappa shape index (κ1) is 14.4. The van der Waals surface area contributed by atoms with Gasteiger partial charge in [0.1, 0.15) is 0 Å². The minimum atomic E-state index is -3.03. The van der Waals surface area contributed by atoms with Crippen LogP contribution in [0.2, 0.25) is 0 Å². The minimum Gasteiger partial charge on any atom is -0.444 e. The molecular formula is C16H16N2O4S. The van der Waals surface area contributed by atoms with Crippen LogP contribution in [-0.4, -0.2) is 48.3 Å². The molecular weight excluding hydrogens is 316 g/mol. The quantitative estimate of drug-likeness (QED) is 0.834. The Balaban J connectivity index is 1.58. The predicted octanol–water partition coefficient (Wildman–Crippen LogP) is 1.60. The Morgan fingerprint density at radius 2 is 2.17 bits per heavy atom. The van der Waals surface area contributed by atoms with Gasteiger partial charge in [-0.05, 0) is 24.5 Å². The molecule has 120 valence electrons. The minimum absolute atomic E-state index is 0.0846. The number of amides is 1. The lowest BCUT2D eigenvalue weighted by Crippen LogP contribution is -2.32. The number of carbonyl (C=O) groups excluding carboxylic acids is 1. The highest BCUT2D eigenvalue weighted by atomic mass is 32.2. The second kappa shape index (κ2) is 5.19. The van der Waals surface area contributed by atoms with Crippen LogP contribution in [0, 0.1) is 5.92 Å². The zero-order chi connectivity index (χ0) is 16.0. The van der Waals surface area contributed by atoms with Gasteiger partial charge < -0.3 is 9.32 Å². The van der Waals surface area contributed by atoms with E-state index in [1.165, 1.54) is 6.39 Å². The molecule has 4 rings (SSSR count). The monoisotopic (exact) mass is 332 g/mol. The lowest BCUT2D eigenvalue weighted by molar-refractivity contribution is 0.0786. The summed E-state index contributed by atoms with van der Waals surface area (Å²) in [5, 5.41) is -0.385. The molecule has 2 aliphatic heterocycles. The number of hydrogen-bond donors (Lipinski definition) is 0. The van der Waals surface area contributed by atoms with Crippen LogP contribution >= 0.6 is 0 Å². The summed E-state index contributed by atoms with van der Waals surface area (Å²) in [5.74, 6) is 0.809. The zero-order valence-corrected chi connectivity index (χ0v) is 13.2. The molecule has 0 radical (unpaired) electrons. The summed E-state index contributed by atoms with van der Waals surface area (Å²) in [6.45, 7) is 0.827. The Hall–Kier alpha value is -2.15. The second-order valence-electron chi connectivity index (χ2n) is 6.11. The molecule has 0 spiro atoms. The third-order valence-electron chi connectivity index (χ3n) is 4.73. The Morgan fingerprint density at radius 1 is 1.30 bits per heavy atom. The lowest BCUT2D eigenvalue weighted by Gasteiger charge is -2.17. The van der Waals surface area contributed by atoms with Crippen molar-refractivity contribution < 1.29 is 17.6 Å². The van der Waals surface area contributed by atoms with Crippen molar-refractivity contribution in [1.29, 1.82) is 0 Å². The van der Waals surface area contributed by atoms with Gasteiger partial charge in [-0.25, -0.2) is 13.4 Å². The molecule has 6 nitrogen and oxygen atoms in total. The molecule has 2 atom stereocenters. The van der Waals surface area contributed by atoms with Crippen molar-refractivity contribution in [2.75, 3.05) is 18.8 Å². The Morgan fingerprint density at radius 3 is 2.91 bits per heavy atom. The molecule has 2 saturated heterocycles. The number of sulfone groups is 1. The van der Waals surface area contributed by atoms with E-state index >= 15 is 0 Å². The highest BCUT2D eigenvalue weighted by Gasteiger charge is 2.47. The molecule has 23 heavy (non-hydrogen) atoms. The third kappa shape index (κ3) is 2.45. The van der Waals surface area contributed by atoms with Crippen LogP contribution in [-0.2, 0) is 9.84 Å². The molecule has 2 aliphatic rings. The summed E-state index contributed by atoms with van der Waals surface area (Å²) >= 11 is 0. The predicted molar refractivity (Wildman–Crippen MR) is 83.5 cm³/mol. The fourth-order valence-corrected chi connectivity index (χ4v) is 5.65. The highest BCUT2D eigenvalue weighted by molar-refractivity contribution is 7.92. The molecule has 2 fully saturated rings. The van der Waals surface area contributed by atoms with E-state index < -0.39 is 9.84 Å². The van der Waals surface area contributed by atoms with Crippen LogP contribution in [0.15, 0.2) is 41.3 Å². The van der Waals surface area contributed by atoms with Crippen molar-refractivity contribution in [2.24, 2.45) is 5.92 Å². The molecule has 0 bridgehead atoms. The standard InChI is InChI=1S/C16H16N2O4S/c19-16(18-8-13-4-5-23(20,21)15(13)9-18)12-3-1-2-11(6-12)14-7-17-10-22-14/h1-3,6-7,10,13,15H,4-5,8-9H2/t13-,15+/m0/s1. The van der Waals surface area contributed by atoms with Crippen molar-refractivity contribution >= 4 is 15.7 Å². The van der Waals surface area contributed by atoms with Crippen LogP contribution in [0.5, 0.6) is 0 Å². The Labute approximate surface area is 134 Å². The topological polar surface area (TPSA) is 80.5 Å². The molecule has 1 amide bonds. The maximum Gasteiger partial charge on any atom is 0.253 e.